The molecule has 30 heavy (non-hydrogen) atoms. The fraction of sp³-hybridized carbons (Fsp3) is 0.240. The van der Waals surface area contributed by atoms with Crippen molar-refractivity contribution in [3.8, 4) is 16.9 Å². The molecule has 0 fully saturated rings. The first-order chi connectivity index (χ1) is 14.6. The van der Waals surface area contributed by atoms with E-state index >= 15 is 0 Å². The molecular weight excluding hydrogens is 398 g/mol. The lowest BCUT2D eigenvalue weighted by Crippen LogP contribution is -2.17. The molecule has 5 heteroatoms. The van der Waals surface area contributed by atoms with Crippen LogP contribution in [0.25, 0.3) is 11.1 Å². The number of hydrogen-bond acceptors (Lipinski definition) is 3. The maximum Gasteiger partial charge on any atom is 0.243 e. The third-order valence-corrected chi connectivity index (χ3v) is 5.53. The summed E-state index contributed by atoms with van der Waals surface area (Å²) < 4.78 is 5.29. The number of rotatable bonds is 9. The summed E-state index contributed by atoms with van der Waals surface area (Å²) in [7, 11) is 1.66. The van der Waals surface area contributed by atoms with Crippen LogP contribution in [0, 0.1) is 0 Å². The van der Waals surface area contributed by atoms with Gasteiger partial charge < -0.3 is 4.74 Å². The number of hydroxylamine groups is 1. The topological polar surface area (TPSA) is 58.6 Å². The summed E-state index contributed by atoms with van der Waals surface area (Å²) in [4.78, 5) is 11.3. The molecule has 0 saturated carbocycles. The zero-order valence-electron chi connectivity index (χ0n) is 17.0. The molecule has 3 aromatic carbocycles. The van der Waals surface area contributed by atoms with E-state index in [1.807, 2.05) is 36.4 Å². The Morgan fingerprint density at radius 3 is 1.97 bits per heavy atom. The van der Waals surface area contributed by atoms with E-state index in [2.05, 4.69) is 36.4 Å². The molecule has 0 heterocycles. The summed E-state index contributed by atoms with van der Waals surface area (Å²) in [5, 5.41) is 9.39. The van der Waals surface area contributed by atoms with E-state index in [4.69, 9.17) is 21.5 Å². The van der Waals surface area contributed by atoms with Crippen molar-refractivity contribution >= 4 is 17.5 Å². The molecule has 0 aliphatic carbocycles. The van der Waals surface area contributed by atoms with Crippen LogP contribution in [0.15, 0.2) is 72.8 Å². The number of ether oxygens (including phenoxy) is 1. The number of halogens is 1. The first-order valence-electron chi connectivity index (χ1n) is 10.0. The van der Waals surface area contributed by atoms with E-state index in [0.29, 0.717) is 6.42 Å². The van der Waals surface area contributed by atoms with Gasteiger partial charge >= 0.3 is 0 Å². The number of unbranched alkanes of at least 4 members (excludes halogenated alkanes) is 1. The quantitative estimate of drug-likeness (QED) is 0.244. The first kappa shape index (κ1) is 21.9. The number of carbonyl (C=O) groups excluding carboxylic acids is 1. The van der Waals surface area contributed by atoms with Crippen molar-refractivity contribution in [2.75, 3.05) is 7.11 Å². The third-order valence-electron chi connectivity index (χ3n) is 5.28. The monoisotopic (exact) mass is 423 g/mol. The maximum atomic E-state index is 11.3. The van der Waals surface area contributed by atoms with E-state index in [9.17, 15) is 4.79 Å². The highest BCUT2D eigenvalue weighted by Crippen LogP contribution is 2.33. The Hall–Kier alpha value is -2.82. The lowest BCUT2D eigenvalue weighted by Gasteiger charge is -2.19. The number of benzene rings is 3. The molecule has 156 valence electrons. The number of carbonyl (C=O) groups is 1. The van der Waals surface area contributed by atoms with Crippen LogP contribution in [-0.2, 0) is 4.79 Å². The van der Waals surface area contributed by atoms with Crippen molar-refractivity contribution in [1.29, 1.82) is 0 Å². The van der Waals surface area contributed by atoms with E-state index < -0.39 is 0 Å². The average Bonchev–Trinajstić information content (AvgIpc) is 2.80. The fourth-order valence-corrected chi connectivity index (χ4v) is 3.73. The molecule has 1 amide bonds. The Labute approximate surface area is 182 Å². The maximum absolute atomic E-state index is 11.3. The van der Waals surface area contributed by atoms with E-state index in [1.54, 1.807) is 12.6 Å². The van der Waals surface area contributed by atoms with Crippen LogP contribution in [0.3, 0.4) is 0 Å². The van der Waals surface area contributed by atoms with Crippen molar-refractivity contribution in [2.24, 2.45) is 0 Å². The predicted molar refractivity (Wildman–Crippen MR) is 120 cm³/mol. The molecule has 4 nitrogen and oxygen atoms in total. The van der Waals surface area contributed by atoms with Gasteiger partial charge in [0, 0.05) is 17.4 Å². The molecule has 1 atom stereocenters. The number of amides is 1. The molecule has 0 aromatic heterocycles. The average molecular weight is 424 g/mol. The van der Waals surface area contributed by atoms with Crippen molar-refractivity contribution in [2.45, 2.75) is 31.6 Å². The second-order valence-corrected chi connectivity index (χ2v) is 7.67. The molecule has 2 N–H and O–H groups in total. The van der Waals surface area contributed by atoms with Crippen molar-refractivity contribution in [3.63, 3.8) is 0 Å². The van der Waals surface area contributed by atoms with Crippen LogP contribution in [-0.4, -0.2) is 18.2 Å². The van der Waals surface area contributed by atoms with Crippen LogP contribution in [0.4, 0.5) is 0 Å². The van der Waals surface area contributed by atoms with Crippen molar-refractivity contribution < 1.29 is 14.7 Å². The molecule has 0 aliphatic rings. The standard InChI is InChI=1S/C25H26ClNO3/c1-30-23-16-12-21(13-17-23)24(4-2-3-5-25(28)27-29)20-8-6-18(7-9-20)19-10-14-22(26)15-11-19/h6-17,24,29H,2-5H2,1H3,(H,27,28). The van der Waals surface area contributed by atoms with Crippen LogP contribution in [0.1, 0.15) is 42.7 Å². The van der Waals surface area contributed by atoms with Gasteiger partial charge in [-0.2, -0.15) is 0 Å². The second kappa shape index (κ2) is 10.8. The van der Waals surface area contributed by atoms with Gasteiger partial charge in [0.15, 0.2) is 0 Å². The van der Waals surface area contributed by atoms with Gasteiger partial charge in [-0.15, -0.1) is 0 Å². The SMILES string of the molecule is COc1ccc(C(CCCCC(=O)NO)c2ccc(-c3ccc(Cl)cc3)cc2)cc1. The normalized spacial score (nSPS) is 11.7. The Morgan fingerprint density at radius 2 is 1.43 bits per heavy atom. The lowest BCUT2D eigenvalue weighted by atomic mass is 9.86. The van der Waals surface area contributed by atoms with Crippen LogP contribution in [0.2, 0.25) is 5.02 Å². The largest absolute Gasteiger partial charge is 0.497 e. The number of hydrogen-bond donors (Lipinski definition) is 2. The zero-order valence-corrected chi connectivity index (χ0v) is 17.7. The van der Waals surface area contributed by atoms with Crippen LogP contribution in [0.5, 0.6) is 5.75 Å². The molecule has 0 spiro atoms. The predicted octanol–water partition coefficient (Wildman–Crippen LogP) is 6.21. The van der Waals surface area contributed by atoms with E-state index in [0.717, 1.165) is 41.2 Å². The summed E-state index contributed by atoms with van der Waals surface area (Å²) in [6.07, 6.45) is 2.83. The third kappa shape index (κ3) is 5.85. The minimum absolute atomic E-state index is 0.215. The van der Waals surface area contributed by atoms with Gasteiger partial charge in [0.2, 0.25) is 5.91 Å². The summed E-state index contributed by atoms with van der Waals surface area (Å²) >= 11 is 6.00. The number of methoxy groups -OCH3 is 1. The van der Waals surface area contributed by atoms with Crippen molar-refractivity contribution in [3.05, 3.63) is 88.9 Å². The minimum atomic E-state index is -0.344. The second-order valence-electron chi connectivity index (χ2n) is 7.24. The van der Waals surface area contributed by atoms with Gasteiger partial charge in [-0.1, -0.05) is 66.6 Å². The molecule has 1 unspecified atom stereocenters. The number of nitrogens with one attached hydrogen (secondary N) is 1. The summed E-state index contributed by atoms with van der Waals surface area (Å²) in [5.41, 5.74) is 6.40. The van der Waals surface area contributed by atoms with Crippen LogP contribution >= 0.6 is 11.6 Å². The highest BCUT2D eigenvalue weighted by atomic mass is 35.5. The van der Waals surface area contributed by atoms with E-state index in [1.165, 1.54) is 11.1 Å². The van der Waals surface area contributed by atoms with Crippen LogP contribution < -0.4 is 10.2 Å². The van der Waals surface area contributed by atoms with Gasteiger partial charge in [-0.25, -0.2) is 5.48 Å². The Bertz CT molecular complexity index is 938. The molecule has 0 aliphatic heterocycles. The lowest BCUT2D eigenvalue weighted by molar-refractivity contribution is -0.129. The van der Waals surface area contributed by atoms with Gasteiger partial charge in [-0.3, -0.25) is 10.0 Å². The molecule has 0 radical (unpaired) electrons. The van der Waals surface area contributed by atoms with E-state index in [-0.39, 0.29) is 11.8 Å². The molecule has 3 aromatic rings. The molecule has 0 bridgehead atoms. The fourth-order valence-electron chi connectivity index (χ4n) is 3.60. The minimum Gasteiger partial charge on any atom is -0.497 e. The highest BCUT2D eigenvalue weighted by molar-refractivity contribution is 6.30. The molecule has 3 rings (SSSR count). The van der Waals surface area contributed by atoms with Gasteiger partial charge in [0.25, 0.3) is 0 Å². The first-order valence-corrected chi connectivity index (χ1v) is 10.4. The summed E-state index contributed by atoms with van der Waals surface area (Å²) in [5.74, 6) is 0.700. The Kier molecular flexibility index (Phi) is 7.89. The van der Waals surface area contributed by atoms with Gasteiger partial charge in [0.05, 0.1) is 7.11 Å². The Morgan fingerprint density at radius 1 is 0.900 bits per heavy atom. The zero-order chi connectivity index (χ0) is 21.3. The molecule has 0 saturated heterocycles. The van der Waals surface area contributed by atoms with Gasteiger partial charge in [-0.05, 0) is 59.4 Å². The van der Waals surface area contributed by atoms with Gasteiger partial charge in [0.1, 0.15) is 5.75 Å². The smallest absolute Gasteiger partial charge is 0.243 e. The molecular formula is C25H26ClNO3. The summed E-state index contributed by atoms with van der Waals surface area (Å²) in [6, 6.07) is 24.6. The Balaban J connectivity index is 1.79. The summed E-state index contributed by atoms with van der Waals surface area (Å²) in [6.45, 7) is 0. The highest BCUT2D eigenvalue weighted by Gasteiger charge is 2.15. The van der Waals surface area contributed by atoms with Crippen molar-refractivity contribution in [1.82, 2.24) is 5.48 Å².